The maximum Gasteiger partial charge on any atom is 0.240 e. The summed E-state index contributed by atoms with van der Waals surface area (Å²) in [7, 11) is 1.65. The van der Waals surface area contributed by atoms with Crippen LogP contribution in [0.5, 0.6) is 0 Å². The van der Waals surface area contributed by atoms with Gasteiger partial charge in [0.05, 0.1) is 6.54 Å². The third-order valence-electron chi connectivity index (χ3n) is 4.74. The lowest BCUT2D eigenvalue weighted by atomic mass is 9.74. The minimum atomic E-state index is -0.124. The number of nitrogens with zero attached hydrogens (tertiary/aromatic N) is 2. The molecule has 1 aromatic heterocycles. The molecule has 21 heavy (non-hydrogen) atoms. The van der Waals surface area contributed by atoms with Crippen LogP contribution in [-0.4, -0.2) is 23.3 Å². The first-order valence-corrected chi connectivity index (χ1v) is 8.09. The zero-order chi connectivity index (χ0) is 15.4. The van der Waals surface area contributed by atoms with Crippen molar-refractivity contribution in [3.63, 3.8) is 0 Å². The monoisotopic (exact) mass is 295 g/mol. The average molecular weight is 295 g/mol. The van der Waals surface area contributed by atoms with Crippen LogP contribution < -0.4 is 5.32 Å². The van der Waals surface area contributed by atoms with Crippen LogP contribution in [0.1, 0.15) is 64.8 Å². The van der Waals surface area contributed by atoms with Crippen molar-refractivity contribution >= 4 is 0 Å². The molecule has 0 radical (unpaired) electrons. The SMILES string of the molecule is CO[C@H](C)c1noc(CN[C@@H]2C[C@H](C)CC[C@@H]2C(C)C)n1. The summed E-state index contributed by atoms with van der Waals surface area (Å²) in [5.41, 5.74) is 0. The Bertz CT molecular complexity index is 433. The van der Waals surface area contributed by atoms with Crippen LogP contribution >= 0.6 is 0 Å². The zero-order valence-electron chi connectivity index (χ0n) is 13.9. The Morgan fingerprint density at radius 3 is 2.76 bits per heavy atom. The summed E-state index contributed by atoms with van der Waals surface area (Å²) >= 11 is 0. The normalized spacial score (nSPS) is 28.0. The Labute approximate surface area is 127 Å². The van der Waals surface area contributed by atoms with Gasteiger partial charge in [-0.05, 0) is 37.5 Å². The quantitative estimate of drug-likeness (QED) is 0.872. The van der Waals surface area contributed by atoms with Crippen LogP contribution in [0.15, 0.2) is 4.52 Å². The highest BCUT2D eigenvalue weighted by molar-refractivity contribution is 4.91. The lowest BCUT2D eigenvalue weighted by Crippen LogP contribution is -2.42. The lowest BCUT2D eigenvalue weighted by Gasteiger charge is -2.37. The van der Waals surface area contributed by atoms with E-state index in [1.54, 1.807) is 7.11 Å². The second-order valence-electron chi connectivity index (χ2n) is 6.74. The Morgan fingerprint density at radius 2 is 2.10 bits per heavy atom. The summed E-state index contributed by atoms with van der Waals surface area (Å²) in [5, 5.41) is 7.60. The minimum Gasteiger partial charge on any atom is -0.374 e. The number of aromatic nitrogens is 2. The molecule has 5 nitrogen and oxygen atoms in total. The van der Waals surface area contributed by atoms with E-state index >= 15 is 0 Å². The largest absolute Gasteiger partial charge is 0.374 e. The highest BCUT2D eigenvalue weighted by Gasteiger charge is 2.30. The molecule has 4 atom stereocenters. The molecule has 5 heteroatoms. The highest BCUT2D eigenvalue weighted by atomic mass is 16.5. The van der Waals surface area contributed by atoms with Gasteiger partial charge in [0.1, 0.15) is 6.10 Å². The fourth-order valence-corrected chi connectivity index (χ4v) is 3.27. The first-order valence-electron chi connectivity index (χ1n) is 8.09. The maximum absolute atomic E-state index is 5.30. The molecule has 0 aromatic carbocycles. The summed E-state index contributed by atoms with van der Waals surface area (Å²) in [6, 6.07) is 0.545. The van der Waals surface area contributed by atoms with Gasteiger partial charge in [0.15, 0.2) is 5.82 Å². The molecular formula is C16H29N3O2. The van der Waals surface area contributed by atoms with Crippen LogP contribution in [0, 0.1) is 17.8 Å². The molecule has 2 rings (SSSR count). The van der Waals surface area contributed by atoms with Gasteiger partial charge in [-0.25, -0.2) is 0 Å². The van der Waals surface area contributed by atoms with Gasteiger partial charge in [-0.1, -0.05) is 32.3 Å². The van der Waals surface area contributed by atoms with Crippen molar-refractivity contribution in [3.8, 4) is 0 Å². The molecule has 0 spiro atoms. The van der Waals surface area contributed by atoms with Crippen molar-refractivity contribution in [1.82, 2.24) is 15.5 Å². The molecule has 0 saturated heterocycles. The van der Waals surface area contributed by atoms with E-state index < -0.39 is 0 Å². The molecule has 1 fully saturated rings. The second kappa shape index (κ2) is 7.36. The predicted octanol–water partition coefficient (Wildman–Crippen LogP) is 3.33. The smallest absolute Gasteiger partial charge is 0.240 e. The number of rotatable bonds is 6. The van der Waals surface area contributed by atoms with Crippen molar-refractivity contribution in [1.29, 1.82) is 0 Å². The third-order valence-corrected chi connectivity index (χ3v) is 4.74. The van der Waals surface area contributed by atoms with Gasteiger partial charge < -0.3 is 14.6 Å². The molecule has 0 aliphatic heterocycles. The number of hydrogen-bond donors (Lipinski definition) is 1. The van der Waals surface area contributed by atoms with Crippen LogP contribution in [0.25, 0.3) is 0 Å². The Balaban J connectivity index is 1.92. The average Bonchev–Trinajstić information content (AvgIpc) is 2.93. The van der Waals surface area contributed by atoms with Gasteiger partial charge >= 0.3 is 0 Å². The van der Waals surface area contributed by atoms with Crippen LogP contribution in [0.4, 0.5) is 0 Å². The first kappa shape index (κ1) is 16.4. The molecule has 1 aliphatic rings. The predicted molar refractivity (Wildman–Crippen MR) is 81.7 cm³/mol. The van der Waals surface area contributed by atoms with Gasteiger partial charge in [0.25, 0.3) is 0 Å². The molecule has 120 valence electrons. The summed E-state index contributed by atoms with van der Waals surface area (Å²) in [4.78, 5) is 4.39. The van der Waals surface area contributed by atoms with E-state index in [-0.39, 0.29) is 6.10 Å². The lowest BCUT2D eigenvalue weighted by molar-refractivity contribution is 0.109. The van der Waals surface area contributed by atoms with Gasteiger partial charge in [-0.3, -0.25) is 0 Å². The van der Waals surface area contributed by atoms with Crippen molar-refractivity contribution in [2.75, 3.05) is 7.11 Å². The fraction of sp³-hybridized carbons (Fsp3) is 0.875. The molecular weight excluding hydrogens is 266 g/mol. The van der Waals surface area contributed by atoms with Crippen LogP contribution in [0.2, 0.25) is 0 Å². The highest BCUT2D eigenvalue weighted by Crippen LogP contribution is 2.33. The molecule has 0 unspecified atom stereocenters. The minimum absolute atomic E-state index is 0.124. The number of nitrogens with one attached hydrogen (secondary N) is 1. The van der Waals surface area contributed by atoms with Gasteiger partial charge in [-0.2, -0.15) is 4.98 Å². The van der Waals surface area contributed by atoms with E-state index in [2.05, 4.69) is 36.2 Å². The maximum atomic E-state index is 5.30. The van der Waals surface area contributed by atoms with E-state index in [4.69, 9.17) is 9.26 Å². The van der Waals surface area contributed by atoms with Crippen molar-refractivity contribution < 1.29 is 9.26 Å². The third kappa shape index (κ3) is 4.27. The molecule has 1 N–H and O–H groups in total. The molecule has 1 heterocycles. The van der Waals surface area contributed by atoms with Crippen molar-refractivity contribution in [3.05, 3.63) is 11.7 Å². The Kier molecular flexibility index (Phi) is 5.76. The second-order valence-corrected chi connectivity index (χ2v) is 6.74. The summed E-state index contributed by atoms with van der Waals surface area (Å²) in [5.74, 6) is 3.51. The molecule has 1 aliphatic carbocycles. The fourth-order valence-electron chi connectivity index (χ4n) is 3.27. The zero-order valence-corrected chi connectivity index (χ0v) is 13.9. The summed E-state index contributed by atoms with van der Waals surface area (Å²) in [6.07, 6.45) is 3.77. The first-order chi connectivity index (χ1) is 10.0. The van der Waals surface area contributed by atoms with Crippen LogP contribution in [-0.2, 0) is 11.3 Å². The van der Waals surface area contributed by atoms with Gasteiger partial charge in [0.2, 0.25) is 5.89 Å². The van der Waals surface area contributed by atoms with E-state index in [0.717, 1.165) is 11.8 Å². The molecule has 1 aromatic rings. The van der Waals surface area contributed by atoms with Gasteiger partial charge in [0, 0.05) is 13.2 Å². The Hall–Kier alpha value is -0.940. The van der Waals surface area contributed by atoms with Crippen molar-refractivity contribution in [2.45, 2.75) is 65.6 Å². The van der Waals surface area contributed by atoms with Gasteiger partial charge in [-0.15, -0.1) is 0 Å². The number of methoxy groups -OCH3 is 1. The van der Waals surface area contributed by atoms with Crippen LogP contribution in [0.3, 0.4) is 0 Å². The van der Waals surface area contributed by atoms with E-state index in [1.165, 1.54) is 19.3 Å². The molecule has 1 saturated carbocycles. The molecule has 0 bridgehead atoms. The van der Waals surface area contributed by atoms with Crippen molar-refractivity contribution in [2.24, 2.45) is 17.8 Å². The van der Waals surface area contributed by atoms with E-state index in [1.807, 2.05) is 6.92 Å². The molecule has 0 amide bonds. The number of hydrogen-bond acceptors (Lipinski definition) is 5. The summed E-state index contributed by atoms with van der Waals surface area (Å²) in [6.45, 7) is 9.54. The number of ether oxygens (including phenoxy) is 1. The standard InChI is InChI=1S/C16H29N3O2/c1-10(2)13-7-6-11(3)8-14(13)17-9-15-18-16(19-21-15)12(4)20-5/h10-14,17H,6-9H2,1-5H3/t11-,12-,13-,14-/m1/s1. The summed E-state index contributed by atoms with van der Waals surface area (Å²) < 4.78 is 10.5. The van der Waals surface area contributed by atoms with E-state index in [9.17, 15) is 0 Å². The Morgan fingerprint density at radius 1 is 1.33 bits per heavy atom. The topological polar surface area (TPSA) is 60.2 Å². The van der Waals surface area contributed by atoms with E-state index in [0.29, 0.717) is 30.2 Å².